The zero-order chi connectivity index (χ0) is 16.9. The summed E-state index contributed by atoms with van der Waals surface area (Å²) in [5, 5.41) is 37.8. The normalized spacial score (nSPS) is 37.1. The fourth-order valence-corrected chi connectivity index (χ4v) is 3.94. The van der Waals surface area contributed by atoms with Crippen LogP contribution in [0.1, 0.15) is 25.3 Å². The molecule has 4 rings (SSSR count). The van der Waals surface area contributed by atoms with Gasteiger partial charge in [-0.05, 0) is 12.5 Å². The van der Waals surface area contributed by atoms with Crippen LogP contribution >= 0.6 is 0 Å². The summed E-state index contributed by atoms with van der Waals surface area (Å²) < 4.78 is 11.5. The van der Waals surface area contributed by atoms with Gasteiger partial charge in [-0.3, -0.25) is 5.41 Å². The number of ether oxygens (including phenoxy) is 2. The first kappa shape index (κ1) is 15.0. The van der Waals surface area contributed by atoms with E-state index in [-0.39, 0.29) is 5.90 Å². The molecule has 0 amide bonds. The van der Waals surface area contributed by atoms with Gasteiger partial charge >= 0.3 is 0 Å². The standard InChI is InChI=1S/C17H14N4O2/c1-11-17(10-20)14(21)23-15(2,22-11)13(16(17,8-18)9-19)12-6-4-3-5-7-12/h3-7,11,13,21H,1-2H3/t11-,13+,15+,17+/m1/s1. The quantitative estimate of drug-likeness (QED) is 0.856. The Morgan fingerprint density at radius 3 is 2.17 bits per heavy atom. The van der Waals surface area contributed by atoms with Crippen LogP contribution in [0, 0.1) is 50.2 Å². The number of fused-ring (bicyclic) bond motifs is 3. The first-order chi connectivity index (χ1) is 10.9. The van der Waals surface area contributed by atoms with Gasteiger partial charge in [-0.2, -0.15) is 15.8 Å². The molecule has 1 N–H and O–H groups in total. The van der Waals surface area contributed by atoms with Crippen molar-refractivity contribution in [1.82, 2.24) is 0 Å². The Labute approximate surface area is 134 Å². The van der Waals surface area contributed by atoms with Gasteiger partial charge in [0.1, 0.15) is 0 Å². The van der Waals surface area contributed by atoms with Gasteiger partial charge in [0.05, 0.1) is 30.2 Å². The van der Waals surface area contributed by atoms with Crippen molar-refractivity contribution < 1.29 is 9.47 Å². The van der Waals surface area contributed by atoms with Crippen molar-refractivity contribution in [3.05, 3.63) is 35.9 Å². The van der Waals surface area contributed by atoms with E-state index in [0.717, 1.165) is 0 Å². The summed E-state index contributed by atoms with van der Waals surface area (Å²) in [6.45, 7) is 3.21. The van der Waals surface area contributed by atoms with Gasteiger partial charge in [-0.15, -0.1) is 0 Å². The lowest BCUT2D eigenvalue weighted by Crippen LogP contribution is -2.73. The van der Waals surface area contributed by atoms with Crippen molar-refractivity contribution in [3.8, 4) is 18.2 Å². The zero-order valence-electron chi connectivity index (χ0n) is 12.7. The molecule has 4 atom stereocenters. The third kappa shape index (κ3) is 1.50. The molecule has 0 aromatic heterocycles. The Morgan fingerprint density at radius 1 is 1.09 bits per heavy atom. The predicted octanol–water partition coefficient (Wildman–Crippen LogP) is 2.46. The number of benzene rings is 1. The molecule has 0 saturated carbocycles. The average molecular weight is 306 g/mol. The molecular weight excluding hydrogens is 292 g/mol. The fraction of sp³-hybridized carbons (Fsp3) is 0.412. The van der Waals surface area contributed by atoms with Crippen LogP contribution < -0.4 is 0 Å². The Morgan fingerprint density at radius 2 is 1.70 bits per heavy atom. The smallest absolute Gasteiger partial charge is 0.219 e. The highest BCUT2D eigenvalue weighted by Crippen LogP contribution is 2.65. The van der Waals surface area contributed by atoms with Crippen LogP contribution in [0.2, 0.25) is 0 Å². The van der Waals surface area contributed by atoms with Crippen molar-refractivity contribution in [2.75, 3.05) is 0 Å². The first-order valence-corrected chi connectivity index (χ1v) is 7.16. The third-order valence-electron chi connectivity index (χ3n) is 4.92. The second-order valence-corrected chi connectivity index (χ2v) is 6.00. The van der Waals surface area contributed by atoms with Crippen LogP contribution in [-0.4, -0.2) is 17.8 Å². The third-order valence-corrected chi connectivity index (χ3v) is 4.92. The summed E-state index contributed by atoms with van der Waals surface area (Å²) in [5.74, 6) is -2.55. The largest absolute Gasteiger partial charge is 0.447 e. The molecule has 3 fully saturated rings. The lowest BCUT2D eigenvalue weighted by molar-refractivity contribution is -0.315. The molecule has 3 saturated heterocycles. The summed E-state index contributed by atoms with van der Waals surface area (Å²) >= 11 is 0. The number of nitrogens with zero attached hydrogens (tertiary/aromatic N) is 3. The van der Waals surface area contributed by atoms with Gasteiger partial charge in [0.25, 0.3) is 0 Å². The highest BCUT2D eigenvalue weighted by molar-refractivity contribution is 5.89. The Hall–Kier alpha value is -2.88. The van der Waals surface area contributed by atoms with Gasteiger partial charge in [0.15, 0.2) is 10.8 Å². The molecule has 0 unspecified atom stereocenters. The predicted molar refractivity (Wildman–Crippen MR) is 78.7 cm³/mol. The van der Waals surface area contributed by atoms with E-state index in [0.29, 0.717) is 5.56 Å². The molecule has 23 heavy (non-hydrogen) atoms. The Bertz CT molecular complexity index is 787. The van der Waals surface area contributed by atoms with E-state index in [4.69, 9.17) is 14.9 Å². The van der Waals surface area contributed by atoms with Crippen molar-refractivity contribution in [3.63, 3.8) is 0 Å². The second-order valence-electron chi connectivity index (χ2n) is 6.00. The summed E-state index contributed by atoms with van der Waals surface area (Å²) in [6.07, 6.45) is -0.807. The summed E-state index contributed by atoms with van der Waals surface area (Å²) in [7, 11) is 0. The van der Waals surface area contributed by atoms with E-state index < -0.39 is 28.6 Å². The van der Waals surface area contributed by atoms with Crippen LogP contribution in [0.15, 0.2) is 30.3 Å². The minimum Gasteiger partial charge on any atom is -0.447 e. The monoisotopic (exact) mass is 306 g/mol. The van der Waals surface area contributed by atoms with Crippen LogP contribution in [0.4, 0.5) is 0 Å². The van der Waals surface area contributed by atoms with E-state index in [9.17, 15) is 15.8 Å². The van der Waals surface area contributed by atoms with Crippen molar-refractivity contribution in [2.45, 2.75) is 31.7 Å². The second kappa shape index (κ2) is 4.56. The molecular formula is C17H14N4O2. The summed E-state index contributed by atoms with van der Waals surface area (Å²) in [4.78, 5) is 0. The van der Waals surface area contributed by atoms with Crippen molar-refractivity contribution in [1.29, 1.82) is 21.2 Å². The molecule has 1 aromatic carbocycles. The highest BCUT2D eigenvalue weighted by Gasteiger charge is 2.78. The fourth-order valence-electron chi connectivity index (χ4n) is 3.94. The van der Waals surface area contributed by atoms with Gasteiger partial charge in [0.2, 0.25) is 11.7 Å². The number of hydrogen-bond acceptors (Lipinski definition) is 6. The highest BCUT2D eigenvalue weighted by atomic mass is 16.7. The number of nitriles is 3. The first-order valence-electron chi connectivity index (χ1n) is 7.16. The van der Waals surface area contributed by atoms with E-state index >= 15 is 0 Å². The SMILES string of the molecule is C[C@H]1O[C@@]2(C)OC(=N)[C@@]1(C#N)C(C#N)(C#N)[C@H]2c1ccccc1. The van der Waals surface area contributed by atoms with E-state index in [1.807, 2.05) is 24.3 Å². The zero-order valence-corrected chi connectivity index (χ0v) is 12.7. The summed E-state index contributed by atoms with van der Waals surface area (Å²) in [5.41, 5.74) is -2.88. The molecule has 3 heterocycles. The molecule has 6 nitrogen and oxygen atoms in total. The average Bonchev–Trinajstić information content (AvgIpc) is 2.54. The lowest BCUT2D eigenvalue weighted by Gasteiger charge is -2.60. The molecule has 0 spiro atoms. The molecule has 114 valence electrons. The van der Waals surface area contributed by atoms with Gasteiger partial charge < -0.3 is 9.47 Å². The van der Waals surface area contributed by atoms with Crippen LogP contribution in [0.25, 0.3) is 0 Å². The molecule has 2 bridgehead atoms. The van der Waals surface area contributed by atoms with Crippen molar-refractivity contribution in [2.24, 2.45) is 10.8 Å². The van der Waals surface area contributed by atoms with Gasteiger partial charge in [-0.1, -0.05) is 30.3 Å². The van der Waals surface area contributed by atoms with Crippen molar-refractivity contribution >= 4 is 5.90 Å². The van der Waals surface area contributed by atoms with E-state index in [1.165, 1.54) is 0 Å². The van der Waals surface area contributed by atoms with E-state index in [1.54, 1.807) is 38.1 Å². The molecule has 0 radical (unpaired) electrons. The van der Waals surface area contributed by atoms with Crippen LogP contribution in [-0.2, 0) is 9.47 Å². The topological polar surface area (TPSA) is 114 Å². The van der Waals surface area contributed by atoms with E-state index in [2.05, 4.69) is 0 Å². The molecule has 0 aliphatic carbocycles. The Balaban J connectivity index is 2.38. The lowest BCUT2D eigenvalue weighted by atomic mass is 9.50. The maximum Gasteiger partial charge on any atom is 0.219 e. The molecule has 6 heteroatoms. The maximum absolute atomic E-state index is 9.91. The minimum atomic E-state index is -1.77. The molecule has 3 aliphatic rings. The van der Waals surface area contributed by atoms with Gasteiger partial charge in [0, 0.05) is 6.92 Å². The molecule has 1 aromatic rings. The van der Waals surface area contributed by atoms with Crippen LogP contribution in [0.3, 0.4) is 0 Å². The number of hydrogen-bond donors (Lipinski definition) is 1. The molecule has 3 aliphatic heterocycles. The Kier molecular flexibility index (Phi) is 2.98. The van der Waals surface area contributed by atoms with Gasteiger partial charge in [-0.25, -0.2) is 0 Å². The maximum atomic E-state index is 9.91. The number of rotatable bonds is 1. The number of nitrogens with one attached hydrogen (secondary N) is 1. The minimum absolute atomic E-state index is 0.378. The van der Waals surface area contributed by atoms with Crippen LogP contribution in [0.5, 0.6) is 0 Å². The summed E-state index contributed by atoms with van der Waals surface area (Å²) in [6, 6.07) is 15.0.